The van der Waals surface area contributed by atoms with E-state index in [-0.39, 0.29) is 11.6 Å². The number of halogens is 1. The fourth-order valence-electron chi connectivity index (χ4n) is 5.48. The van der Waals surface area contributed by atoms with Crippen molar-refractivity contribution < 1.29 is 12.6 Å². The number of carbonyl (C=O) groups excluding carboxylic acids is 1. The van der Waals surface area contributed by atoms with Crippen LogP contribution in [0.25, 0.3) is 0 Å². The predicted octanol–water partition coefficient (Wildman–Crippen LogP) is 2.47. The molecule has 4 fully saturated rings. The molecule has 0 bridgehead atoms. The Bertz CT molecular complexity index is 398. The largest absolute Gasteiger partial charge is 0.465 e. The molecule has 5 unspecified atom stereocenters. The molecule has 0 aliphatic heterocycles. The Kier molecular flexibility index (Phi) is 1.65. The lowest BCUT2D eigenvalue weighted by molar-refractivity contribution is -0.211. The molecule has 16 heavy (non-hydrogen) atoms. The molecule has 4 aliphatic carbocycles. The van der Waals surface area contributed by atoms with E-state index in [2.05, 4.69) is 23.0 Å². The molecule has 0 N–H and O–H groups in total. The van der Waals surface area contributed by atoms with Crippen molar-refractivity contribution in [3.05, 3.63) is 0 Å². The average molecular weight is 334 g/mol. The van der Waals surface area contributed by atoms with E-state index in [1.165, 1.54) is 32.6 Å². The number of rotatable bonds is 3. The van der Waals surface area contributed by atoms with Crippen molar-refractivity contribution in [3.8, 4) is 0 Å². The molecule has 88 valence electrons. The van der Waals surface area contributed by atoms with Crippen LogP contribution >= 0.6 is 23.0 Å². The maximum Gasteiger partial charge on any atom is 0.302 e. The zero-order valence-corrected chi connectivity index (χ0v) is 11.5. The van der Waals surface area contributed by atoms with Crippen LogP contribution in [-0.4, -0.2) is 18.2 Å². The second kappa shape index (κ2) is 2.60. The first-order chi connectivity index (χ1) is 7.58. The molecule has 0 saturated heterocycles. The Labute approximate surface area is 109 Å². The highest BCUT2D eigenvalue weighted by molar-refractivity contribution is 14.1. The lowest BCUT2D eigenvalue weighted by Gasteiger charge is -2.65. The third-order valence-corrected chi connectivity index (χ3v) is 6.59. The van der Waals surface area contributed by atoms with Gasteiger partial charge >= 0.3 is 5.97 Å². The number of hydrogen-bond donors (Lipinski definition) is 0. The Balaban J connectivity index is 1.53. The molecule has 4 aliphatic rings. The van der Waals surface area contributed by atoms with Gasteiger partial charge in [0.05, 0.1) is 12.2 Å². The van der Waals surface area contributed by atoms with Crippen LogP contribution in [0.2, 0.25) is 0 Å². The van der Waals surface area contributed by atoms with Gasteiger partial charge in [0.2, 0.25) is 0 Å². The minimum Gasteiger partial charge on any atom is -0.465 e. The average Bonchev–Trinajstić information content (AvgIpc) is 2.78. The summed E-state index contributed by atoms with van der Waals surface area (Å²) in [5, 5.41) is 0. The lowest BCUT2D eigenvalue weighted by atomic mass is 9.39. The standard InChI is InChI=1S/C12H15IO3/c1-7(14)15-6-10-2-8-3-12(16-13)5-11(12,4-10)9(8)10/h8-9H,2-6H2,1H3. The van der Waals surface area contributed by atoms with Gasteiger partial charge in [0.15, 0.2) is 0 Å². The highest BCUT2D eigenvalue weighted by Crippen LogP contribution is 2.92. The van der Waals surface area contributed by atoms with E-state index in [9.17, 15) is 4.79 Å². The molecule has 0 amide bonds. The van der Waals surface area contributed by atoms with Crippen LogP contribution in [0.5, 0.6) is 0 Å². The minimum absolute atomic E-state index is 0.135. The van der Waals surface area contributed by atoms with Gasteiger partial charge in [-0.15, -0.1) is 0 Å². The lowest BCUT2D eigenvalue weighted by Crippen LogP contribution is -2.62. The van der Waals surface area contributed by atoms with Gasteiger partial charge in [-0.05, 0) is 37.5 Å². The van der Waals surface area contributed by atoms with Crippen molar-refractivity contribution in [1.29, 1.82) is 0 Å². The summed E-state index contributed by atoms with van der Waals surface area (Å²) in [7, 11) is 0. The van der Waals surface area contributed by atoms with Crippen molar-refractivity contribution in [2.24, 2.45) is 22.7 Å². The van der Waals surface area contributed by atoms with E-state index in [1.807, 2.05) is 0 Å². The van der Waals surface area contributed by atoms with Crippen molar-refractivity contribution in [3.63, 3.8) is 0 Å². The van der Waals surface area contributed by atoms with Crippen molar-refractivity contribution in [2.75, 3.05) is 6.61 Å². The molecule has 0 aromatic carbocycles. The van der Waals surface area contributed by atoms with Gasteiger partial charge in [-0.3, -0.25) is 4.79 Å². The Hall–Kier alpha value is 0.160. The molecule has 5 atom stereocenters. The fourth-order valence-corrected chi connectivity index (χ4v) is 6.26. The van der Waals surface area contributed by atoms with Crippen LogP contribution in [0.1, 0.15) is 32.6 Å². The Morgan fingerprint density at radius 1 is 1.44 bits per heavy atom. The quantitative estimate of drug-likeness (QED) is 0.588. The van der Waals surface area contributed by atoms with Crippen molar-refractivity contribution >= 4 is 29.0 Å². The first-order valence-electron chi connectivity index (χ1n) is 6.01. The summed E-state index contributed by atoms with van der Waals surface area (Å²) in [4.78, 5) is 10.9. The smallest absolute Gasteiger partial charge is 0.302 e. The second-order valence-electron chi connectivity index (χ2n) is 6.37. The second-order valence-corrected chi connectivity index (χ2v) is 6.81. The third kappa shape index (κ3) is 0.836. The van der Waals surface area contributed by atoms with Crippen molar-refractivity contribution in [2.45, 2.75) is 38.2 Å². The summed E-state index contributed by atoms with van der Waals surface area (Å²) in [6.07, 6.45) is 5.00. The monoisotopic (exact) mass is 334 g/mol. The van der Waals surface area contributed by atoms with Crippen LogP contribution in [0.3, 0.4) is 0 Å². The van der Waals surface area contributed by atoms with E-state index in [4.69, 9.17) is 7.80 Å². The number of ether oxygens (including phenoxy) is 1. The molecule has 0 radical (unpaired) electrons. The summed E-state index contributed by atoms with van der Waals surface area (Å²) in [6, 6.07) is 0. The molecule has 0 heterocycles. The van der Waals surface area contributed by atoms with Crippen molar-refractivity contribution in [1.82, 2.24) is 0 Å². The van der Waals surface area contributed by atoms with Gasteiger partial charge in [-0.1, -0.05) is 0 Å². The maximum atomic E-state index is 10.9. The topological polar surface area (TPSA) is 35.5 Å². The molecular formula is C12H15IO3. The third-order valence-electron chi connectivity index (χ3n) is 5.75. The molecule has 4 saturated carbocycles. The molecule has 4 heteroatoms. The zero-order valence-electron chi connectivity index (χ0n) is 9.29. The number of carbonyl (C=O) groups is 1. The Morgan fingerprint density at radius 3 is 2.94 bits per heavy atom. The minimum atomic E-state index is -0.135. The summed E-state index contributed by atoms with van der Waals surface area (Å²) in [6.45, 7) is 2.16. The van der Waals surface area contributed by atoms with Crippen LogP contribution in [0.4, 0.5) is 0 Å². The normalized spacial score (nSPS) is 59.1. The maximum absolute atomic E-state index is 10.9. The van der Waals surface area contributed by atoms with E-state index in [0.717, 1.165) is 11.8 Å². The summed E-state index contributed by atoms with van der Waals surface area (Å²) >= 11 is 2.08. The van der Waals surface area contributed by atoms with Gasteiger partial charge in [-0.25, -0.2) is 0 Å². The molecule has 3 nitrogen and oxygen atoms in total. The highest BCUT2D eigenvalue weighted by Gasteiger charge is 2.91. The zero-order chi connectivity index (χ0) is 11.2. The van der Waals surface area contributed by atoms with E-state index >= 15 is 0 Å². The number of esters is 1. The van der Waals surface area contributed by atoms with Gasteiger partial charge in [0.25, 0.3) is 0 Å². The summed E-state index contributed by atoms with van der Waals surface area (Å²) < 4.78 is 11.0. The molecule has 0 aromatic rings. The van der Waals surface area contributed by atoms with Gasteiger partial charge in [-0.2, -0.15) is 0 Å². The summed E-state index contributed by atoms with van der Waals surface area (Å²) in [5.74, 6) is 1.52. The van der Waals surface area contributed by atoms with Crippen LogP contribution in [0.15, 0.2) is 0 Å². The van der Waals surface area contributed by atoms with E-state index in [1.54, 1.807) is 0 Å². The first kappa shape index (κ1) is 10.1. The van der Waals surface area contributed by atoms with Crippen LogP contribution in [-0.2, 0) is 12.6 Å². The molecule has 4 rings (SSSR count). The van der Waals surface area contributed by atoms with Crippen LogP contribution in [0, 0.1) is 22.7 Å². The molecule has 0 aromatic heterocycles. The SMILES string of the molecule is CC(=O)OCC12CC3CC4(OI)CC4(C1)C32. The van der Waals surface area contributed by atoms with E-state index in [0.29, 0.717) is 17.4 Å². The van der Waals surface area contributed by atoms with Gasteiger partial charge in [0.1, 0.15) is 23.0 Å². The van der Waals surface area contributed by atoms with E-state index < -0.39 is 0 Å². The van der Waals surface area contributed by atoms with Crippen LogP contribution < -0.4 is 0 Å². The number of hydrogen-bond acceptors (Lipinski definition) is 3. The van der Waals surface area contributed by atoms with Gasteiger partial charge in [0, 0.05) is 17.8 Å². The molecule has 1 spiro atoms. The first-order valence-corrected chi connectivity index (χ1v) is 6.89. The fraction of sp³-hybridized carbons (Fsp3) is 0.917. The van der Waals surface area contributed by atoms with Gasteiger partial charge < -0.3 is 7.80 Å². The summed E-state index contributed by atoms with van der Waals surface area (Å²) in [5.41, 5.74) is 1.07. The molecular weight excluding hydrogens is 319 g/mol. The Morgan fingerprint density at radius 2 is 2.25 bits per heavy atom. The predicted molar refractivity (Wildman–Crippen MR) is 64.8 cm³/mol. The highest BCUT2D eigenvalue weighted by atomic mass is 127.